The van der Waals surface area contributed by atoms with Crippen molar-refractivity contribution in [2.24, 2.45) is 17.8 Å². The highest BCUT2D eigenvalue weighted by Gasteiger charge is 2.27. The highest BCUT2D eigenvalue weighted by atomic mass is 16.5. The van der Waals surface area contributed by atoms with Crippen molar-refractivity contribution in [1.29, 1.82) is 0 Å². The minimum absolute atomic E-state index is 0.0142. The third-order valence-corrected chi connectivity index (χ3v) is 8.14. The number of carbonyl (C=O) groups is 3. The molecule has 2 amide bonds. The normalized spacial score (nSPS) is 13.4. The molecule has 0 heterocycles. The number of nitrogens with one attached hydrogen (secondary N) is 2. The van der Waals surface area contributed by atoms with Crippen LogP contribution in [0.15, 0.2) is 110 Å². The summed E-state index contributed by atoms with van der Waals surface area (Å²) in [6.07, 6.45) is 4.95. The molecule has 256 valence electrons. The molecule has 0 saturated carbocycles. The van der Waals surface area contributed by atoms with Gasteiger partial charge < -0.3 is 25.2 Å². The quantitative estimate of drug-likeness (QED) is 0.0962. The van der Waals surface area contributed by atoms with Gasteiger partial charge in [0.05, 0.1) is 30.5 Å². The second-order valence-corrected chi connectivity index (χ2v) is 12.4. The second-order valence-electron chi connectivity index (χ2n) is 12.4. The van der Waals surface area contributed by atoms with Crippen LogP contribution in [0.2, 0.25) is 0 Å². The van der Waals surface area contributed by atoms with Crippen molar-refractivity contribution in [2.75, 3.05) is 13.2 Å². The first-order valence-corrected chi connectivity index (χ1v) is 16.6. The summed E-state index contributed by atoms with van der Waals surface area (Å²) in [5.41, 5.74) is 3.03. The van der Waals surface area contributed by atoms with Gasteiger partial charge in [0, 0.05) is 6.42 Å². The van der Waals surface area contributed by atoms with Crippen molar-refractivity contribution < 1.29 is 29.0 Å². The molecule has 0 fully saturated rings. The Labute approximate surface area is 285 Å². The van der Waals surface area contributed by atoms with Crippen molar-refractivity contribution in [3.8, 4) is 5.75 Å². The molecule has 3 rings (SSSR count). The molecular formula is C40H50N2O6. The summed E-state index contributed by atoms with van der Waals surface area (Å²) in [4.78, 5) is 39.4. The van der Waals surface area contributed by atoms with Crippen LogP contribution in [0.3, 0.4) is 0 Å². The van der Waals surface area contributed by atoms with Crippen molar-refractivity contribution in [3.05, 3.63) is 127 Å². The van der Waals surface area contributed by atoms with E-state index in [0.717, 1.165) is 22.4 Å². The van der Waals surface area contributed by atoms with Crippen LogP contribution in [0, 0.1) is 17.8 Å². The molecule has 48 heavy (non-hydrogen) atoms. The molecule has 0 aromatic heterocycles. The predicted molar refractivity (Wildman–Crippen MR) is 189 cm³/mol. The van der Waals surface area contributed by atoms with Gasteiger partial charge in [-0.25, -0.2) is 0 Å². The van der Waals surface area contributed by atoms with Gasteiger partial charge in [-0.2, -0.15) is 0 Å². The summed E-state index contributed by atoms with van der Waals surface area (Å²) in [6, 6.07) is 26.2. The number of aliphatic hydroxyl groups is 1. The minimum atomic E-state index is -0.675. The molecule has 4 atom stereocenters. The lowest BCUT2D eigenvalue weighted by molar-refractivity contribution is -0.150. The number of hydrogen-bond acceptors (Lipinski definition) is 6. The number of rotatable bonds is 21. The lowest BCUT2D eigenvalue weighted by atomic mass is 9.96. The Kier molecular flexibility index (Phi) is 16.1. The first-order chi connectivity index (χ1) is 23.2. The van der Waals surface area contributed by atoms with Crippen LogP contribution in [0.25, 0.3) is 0 Å². The zero-order chi connectivity index (χ0) is 34.7. The fourth-order valence-electron chi connectivity index (χ4n) is 5.26. The van der Waals surface area contributed by atoms with E-state index in [2.05, 4.69) is 23.8 Å². The zero-order valence-electron chi connectivity index (χ0n) is 28.2. The van der Waals surface area contributed by atoms with Gasteiger partial charge >= 0.3 is 5.97 Å². The zero-order valence-corrected chi connectivity index (χ0v) is 28.2. The van der Waals surface area contributed by atoms with Gasteiger partial charge in [-0.1, -0.05) is 98.8 Å². The van der Waals surface area contributed by atoms with Gasteiger partial charge in [-0.3, -0.25) is 14.4 Å². The average Bonchev–Trinajstić information content (AvgIpc) is 3.09. The third kappa shape index (κ3) is 13.2. The predicted octanol–water partition coefficient (Wildman–Crippen LogP) is 5.99. The van der Waals surface area contributed by atoms with Gasteiger partial charge in [0.1, 0.15) is 19.0 Å². The molecule has 0 saturated heterocycles. The molecule has 0 bridgehead atoms. The molecule has 0 radical (unpaired) electrons. The van der Waals surface area contributed by atoms with Crippen molar-refractivity contribution >= 4 is 17.8 Å². The van der Waals surface area contributed by atoms with Crippen LogP contribution in [0.1, 0.15) is 49.8 Å². The van der Waals surface area contributed by atoms with Crippen LogP contribution < -0.4 is 15.4 Å². The van der Waals surface area contributed by atoms with E-state index in [1.165, 1.54) is 0 Å². The maximum atomic E-state index is 13.4. The maximum Gasteiger partial charge on any atom is 0.309 e. The molecule has 8 heteroatoms. The summed E-state index contributed by atoms with van der Waals surface area (Å²) >= 11 is 0. The number of allylic oxidation sites excluding steroid dienone is 2. The Morgan fingerprint density at radius 3 is 1.94 bits per heavy atom. The summed E-state index contributed by atoms with van der Waals surface area (Å²) in [5.74, 6) is -1.37. The van der Waals surface area contributed by atoms with Crippen molar-refractivity contribution in [2.45, 2.75) is 64.6 Å². The van der Waals surface area contributed by atoms with Gasteiger partial charge in [0.25, 0.3) is 0 Å². The summed E-state index contributed by atoms with van der Waals surface area (Å²) in [6.45, 7) is 11.6. The molecule has 3 N–H and O–H groups in total. The monoisotopic (exact) mass is 654 g/mol. The fraction of sp³-hybridized carbons (Fsp3) is 0.375. The molecule has 0 aliphatic rings. The molecule has 0 aliphatic heterocycles. The number of esters is 1. The van der Waals surface area contributed by atoms with Gasteiger partial charge in [0.2, 0.25) is 11.8 Å². The van der Waals surface area contributed by atoms with Crippen LogP contribution in [0.4, 0.5) is 0 Å². The molecule has 3 aromatic carbocycles. The molecule has 8 nitrogen and oxygen atoms in total. The van der Waals surface area contributed by atoms with Gasteiger partial charge in [0.15, 0.2) is 0 Å². The lowest BCUT2D eigenvalue weighted by Crippen LogP contribution is -2.47. The summed E-state index contributed by atoms with van der Waals surface area (Å²) < 4.78 is 11.6. The lowest BCUT2D eigenvalue weighted by Gasteiger charge is -2.26. The van der Waals surface area contributed by atoms with Gasteiger partial charge in [-0.15, -0.1) is 13.2 Å². The van der Waals surface area contributed by atoms with E-state index in [-0.39, 0.29) is 55.7 Å². The first kappa shape index (κ1) is 37.8. The smallest absolute Gasteiger partial charge is 0.309 e. The Balaban J connectivity index is 1.51. The molecule has 0 unspecified atom stereocenters. The van der Waals surface area contributed by atoms with Crippen LogP contribution in [-0.2, 0) is 38.6 Å². The molecule has 0 spiro atoms. The molecular weight excluding hydrogens is 604 g/mol. The largest absolute Gasteiger partial charge is 0.489 e. The third-order valence-electron chi connectivity index (χ3n) is 8.14. The minimum Gasteiger partial charge on any atom is -0.489 e. The Bertz CT molecular complexity index is 1430. The Morgan fingerprint density at radius 2 is 1.35 bits per heavy atom. The highest BCUT2D eigenvalue weighted by Crippen LogP contribution is 2.18. The topological polar surface area (TPSA) is 114 Å². The van der Waals surface area contributed by atoms with E-state index in [9.17, 15) is 19.5 Å². The second kappa shape index (κ2) is 20.5. The van der Waals surface area contributed by atoms with Crippen LogP contribution >= 0.6 is 0 Å². The highest BCUT2D eigenvalue weighted by molar-refractivity contribution is 5.86. The number of aliphatic hydroxyl groups excluding tert-OH is 1. The molecule has 0 aliphatic carbocycles. The maximum absolute atomic E-state index is 13.4. The first-order valence-electron chi connectivity index (χ1n) is 16.6. The Morgan fingerprint density at radius 1 is 0.771 bits per heavy atom. The van der Waals surface area contributed by atoms with E-state index in [4.69, 9.17) is 9.47 Å². The van der Waals surface area contributed by atoms with E-state index in [1.54, 1.807) is 12.2 Å². The van der Waals surface area contributed by atoms with E-state index in [1.807, 2.05) is 98.8 Å². The molecule has 3 aromatic rings. The van der Waals surface area contributed by atoms with Crippen molar-refractivity contribution in [1.82, 2.24) is 10.6 Å². The van der Waals surface area contributed by atoms with Crippen molar-refractivity contribution in [3.63, 3.8) is 0 Å². The van der Waals surface area contributed by atoms with E-state index >= 15 is 0 Å². The number of benzene rings is 3. The summed E-state index contributed by atoms with van der Waals surface area (Å²) in [7, 11) is 0. The Hall–Kier alpha value is -4.69. The SMILES string of the molecule is C=CC[C@@H](CC(=O)N[C@H](CO)Cc1ccc(OCc2ccccc2)cc1)C(=O)N[C@H](COC(=O)[C@@H](CC=C)Cc1ccccc1)C(C)C. The van der Waals surface area contributed by atoms with Gasteiger partial charge in [-0.05, 0) is 60.4 Å². The van der Waals surface area contributed by atoms with E-state index in [0.29, 0.717) is 25.9 Å². The fourth-order valence-corrected chi connectivity index (χ4v) is 5.26. The summed E-state index contributed by atoms with van der Waals surface area (Å²) in [5, 5.41) is 15.9. The van der Waals surface area contributed by atoms with Crippen LogP contribution in [-0.4, -0.2) is 48.2 Å². The van der Waals surface area contributed by atoms with Crippen LogP contribution in [0.5, 0.6) is 5.75 Å². The number of amides is 2. The number of carbonyl (C=O) groups excluding carboxylic acids is 3. The average molecular weight is 655 g/mol. The van der Waals surface area contributed by atoms with E-state index < -0.39 is 18.0 Å². The number of ether oxygens (including phenoxy) is 2. The number of hydrogen-bond donors (Lipinski definition) is 3. The standard InChI is InChI=1S/C40H50N2O6/c1-5-13-33(39(45)42-37(29(3)4)28-48-40(46)34(14-6-2)23-30-15-9-7-10-16-30)25-38(44)41-35(26-43)24-31-19-21-36(22-20-31)47-27-32-17-11-8-12-18-32/h5-12,15-22,29,33-35,37,43H,1-2,13-14,23-28H2,3-4H3,(H,41,44)(H,42,45)/t33-,34-,35-,37+/m0/s1.